The minimum absolute atomic E-state index is 0.0923. The standard InChI is InChI=1S/C31H30F3N5O3/c1-20-26(29(40)38-15-14-35)10-11-28(36)27(20)19-37-18-21-12-16-39(17-13-21)30(41)22-2-6-24(7-3-22)42-25-8-4-23(5-9-25)31(32,33)34/h2-11,19,21,36-37H,12-13,15-18H2,1H3,(H,38,40)/b27-19-,36-28?. The third kappa shape index (κ3) is 7.46. The van der Waals surface area contributed by atoms with E-state index in [-0.39, 0.29) is 29.8 Å². The van der Waals surface area contributed by atoms with Crippen molar-refractivity contribution in [3.63, 3.8) is 0 Å². The van der Waals surface area contributed by atoms with Crippen molar-refractivity contribution in [1.82, 2.24) is 15.5 Å². The van der Waals surface area contributed by atoms with E-state index in [9.17, 15) is 22.8 Å². The van der Waals surface area contributed by atoms with Crippen LogP contribution in [-0.4, -0.2) is 48.6 Å². The molecule has 0 atom stereocenters. The average molecular weight is 578 g/mol. The molecule has 0 saturated carbocycles. The molecule has 0 unspecified atom stereocenters. The van der Waals surface area contributed by atoms with Crippen molar-refractivity contribution in [2.24, 2.45) is 5.92 Å². The number of halogens is 3. The SMILES string of the molecule is CC1=C(C(=O)NCC#N)C=CC(=N)/C1=C\NCC1CCN(C(=O)c2ccc(Oc3ccc(C(F)(F)F)cc3)cc2)CC1. The van der Waals surface area contributed by atoms with Crippen molar-refractivity contribution in [2.75, 3.05) is 26.2 Å². The zero-order valence-corrected chi connectivity index (χ0v) is 22.9. The maximum Gasteiger partial charge on any atom is 0.416 e. The van der Waals surface area contributed by atoms with Crippen LogP contribution >= 0.6 is 0 Å². The Hall–Kier alpha value is -4.85. The number of carbonyl (C=O) groups is 2. The lowest BCUT2D eigenvalue weighted by molar-refractivity contribution is -0.137. The average Bonchev–Trinajstić information content (AvgIpc) is 2.98. The van der Waals surface area contributed by atoms with Gasteiger partial charge in [-0.1, -0.05) is 0 Å². The molecule has 0 bridgehead atoms. The number of ether oxygens (including phenoxy) is 1. The van der Waals surface area contributed by atoms with E-state index in [1.54, 1.807) is 54.4 Å². The van der Waals surface area contributed by atoms with Crippen LogP contribution in [0.1, 0.15) is 35.7 Å². The molecule has 2 aromatic carbocycles. The summed E-state index contributed by atoms with van der Waals surface area (Å²) in [7, 11) is 0. The summed E-state index contributed by atoms with van der Waals surface area (Å²) in [6, 6.07) is 12.8. The van der Waals surface area contributed by atoms with Gasteiger partial charge < -0.3 is 25.7 Å². The third-order valence-corrected chi connectivity index (χ3v) is 7.16. The summed E-state index contributed by atoms with van der Waals surface area (Å²) in [6.07, 6.45) is 2.05. The molecule has 1 saturated heterocycles. The summed E-state index contributed by atoms with van der Waals surface area (Å²) in [4.78, 5) is 27.1. The van der Waals surface area contributed by atoms with Gasteiger partial charge in [0, 0.05) is 42.5 Å². The molecule has 11 heteroatoms. The summed E-state index contributed by atoms with van der Waals surface area (Å²) in [6.45, 7) is 3.51. The number of nitrogens with one attached hydrogen (secondary N) is 3. The van der Waals surface area contributed by atoms with E-state index >= 15 is 0 Å². The predicted molar refractivity (Wildman–Crippen MR) is 151 cm³/mol. The van der Waals surface area contributed by atoms with Crippen LogP contribution in [0.2, 0.25) is 0 Å². The molecule has 0 aromatic heterocycles. The lowest BCUT2D eigenvalue weighted by atomic mass is 9.92. The van der Waals surface area contributed by atoms with E-state index in [0.29, 0.717) is 53.6 Å². The van der Waals surface area contributed by atoms with Crippen LogP contribution < -0.4 is 15.4 Å². The van der Waals surface area contributed by atoms with Crippen LogP contribution in [0.5, 0.6) is 11.5 Å². The van der Waals surface area contributed by atoms with Gasteiger partial charge in [0.05, 0.1) is 17.3 Å². The van der Waals surface area contributed by atoms with E-state index in [0.717, 1.165) is 25.0 Å². The summed E-state index contributed by atoms with van der Waals surface area (Å²) in [5, 5.41) is 22.7. The first-order chi connectivity index (χ1) is 20.1. The number of hydrogen-bond donors (Lipinski definition) is 3. The molecular weight excluding hydrogens is 547 g/mol. The monoisotopic (exact) mass is 577 g/mol. The number of nitrogens with zero attached hydrogens (tertiary/aromatic N) is 2. The van der Waals surface area contributed by atoms with Crippen LogP contribution in [0.3, 0.4) is 0 Å². The molecule has 2 amide bonds. The van der Waals surface area contributed by atoms with Crippen LogP contribution in [0.15, 0.2) is 83.6 Å². The highest BCUT2D eigenvalue weighted by Crippen LogP contribution is 2.31. The zero-order valence-electron chi connectivity index (χ0n) is 22.9. The van der Waals surface area contributed by atoms with Gasteiger partial charge in [-0.15, -0.1) is 0 Å². The van der Waals surface area contributed by atoms with E-state index in [2.05, 4.69) is 10.6 Å². The number of amides is 2. The summed E-state index contributed by atoms with van der Waals surface area (Å²) < 4.78 is 43.8. The first-order valence-electron chi connectivity index (χ1n) is 13.4. The van der Waals surface area contributed by atoms with Crippen LogP contribution in [-0.2, 0) is 11.0 Å². The molecule has 8 nitrogen and oxygen atoms in total. The number of hydrogen-bond acceptors (Lipinski definition) is 6. The molecule has 2 aliphatic rings. The van der Waals surface area contributed by atoms with Crippen molar-refractivity contribution in [1.29, 1.82) is 10.7 Å². The quantitative estimate of drug-likeness (QED) is 0.365. The molecule has 0 spiro atoms. The predicted octanol–water partition coefficient (Wildman–Crippen LogP) is 5.37. The number of piperidine rings is 1. The lowest BCUT2D eigenvalue weighted by Crippen LogP contribution is -2.40. The Bertz CT molecular complexity index is 1460. The molecule has 4 rings (SSSR count). The minimum Gasteiger partial charge on any atom is -0.457 e. The van der Waals surface area contributed by atoms with Gasteiger partial charge in [0.25, 0.3) is 11.8 Å². The molecule has 2 aromatic rings. The van der Waals surface area contributed by atoms with Crippen LogP contribution in [0.4, 0.5) is 13.2 Å². The normalized spacial score (nSPS) is 16.8. The molecule has 1 fully saturated rings. The van der Waals surface area contributed by atoms with Gasteiger partial charge in [0.1, 0.15) is 18.0 Å². The Labute approximate surface area is 241 Å². The highest BCUT2D eigenvalue weighted by atomic mass is 19.4. The number of rotatable bonds is 8. The molecular formula is C31H30F3N5O3. The summed E-state index contributed by atoms with van der Waals surface area (Å²) in [5.74, 6) is 0.531. The van der Waals surface area contributed by atoms with Crippen molar-refractivity contribution in [2.45, 2.75) is 25.9 Å². The van der Waals surface area contributed by atoms with Gasteiger partial charge in [0.15, 0.2) is 0 Å². The van der Waals surface area contributed by atoms with Gasteiger partial charge in [-0.05, 0) is 91.9 Å². The first-order valence-corrected chi connectivity index (χ1v) is 13.4. The van der Waals surface area contributed by atoms with Gasteiger partial charge in [-0.3, -0.25) is 9.59 Å². The number of alkyl halides is 3. The topological polar surface area (TPSA) is 118 Å². The summed E-state index contributed by atoms with van der Waals surface area (Å²) >= 11 is 0. The number of benzene rings is 2. The maximum absolute atomic E-state index is 13.0. The van der Waals surface area contributed by atoms with E-state index in [4.69, 9.17) is 15.4 Å². The molecule has 218 valence electrons. The lowest BCUT2D eigenvalue weighted by Gasteiger charge is -2.32. The second-order valence-electron chi connectivity index (χ2n) is 9.98. The Morgan fingerprint density at radius 3 is 2.29 bits per heavy atom. The number of nitriles is 1. The molecule has 1 heterocycles. The zero-order chi connectivity index (χ0) is 30.3. The molecule has 1 aliphatic carbocycles. The fourth-order valence-corrected chi connectivity index (χ4v) is 4.74. The van der Waals surface area contributed by atoms with Crippen molar-refractivity contribution in [3.05, 3.63) is 94.7 Å². The van der Waals surface area contributed by atoms with E-state index < -0.39 is 11.7 Å². The number of likely N-dealkylation sites (tertiary alicyclic amines) is 1. The Morgan fingerprint density at radius 1 is 1.07 bits per heavy atom. The highest BCUT2D eigenvalue weighted by molar-refractivity contribution is 6.14. The van der Waals surface area contributed by atoms with E-state index in [1.807, 2.05) is 6.07 Å². The van der Waals surface area contributed by atoms with E-state index in [1.165, 1.54) is 12.1 Å². The fourth-order valence-electron chi connectivity index (χ4n) is 4.74. The molecule has 0 radical (unpaired) electrons. The van der Waals surface area contributed by atoms with Crippen LogP contribution in [0.25, 0.3) is 0 Å². The Balaban J connectivity index is 1.26. The third-order valence-electron chi connectivity index (χ3n) is 7.16. The number of allylic oxidation sites excluding steroid dienone is 3. The van der Waals surface area contributed by atoms with Crippen molar-refractivity contribution in [3.8, 4) is 17.6 Å². The van der Waals surface area contributed by atoms with Gasteiger partial charge in [-0.2, -0.15) is 18.4 Å². The molecule has 3 N–H and O–H groups in total. The second kappa shape index (κ2) is 13.2. The minimum atomic E-state index is -4.41. The van der Waals surface area contributed by atoms with Crippen molar-refractivity contribution < 1.29 is 27.5 Å². The highest BCUT2D eigenvalue weighted by Gasteiger charge is 2.30. The summed E-state index contributed by atoms with van der Waals surface area (Å²) in [5.41, 5.74) is 1.71. The Kier molecular flexibility index (Phi) is 9.47. The fraction of sp³-hybridized carbons (Fsp3) is 0.290. The van der Waals surface area contributed by atoms with Gasteiger partial charge >= 0.3 is 6.18 Å². The smallest absolute Gasteiger partial charge is 0.416 e. The first kappa shape index (κ1) is 30.1. The van der Waals surface area contributed by atoms with Crippen LogP contribution in [0, 0.1) is 22.7 Å². The second-order valence-corrected chi connectivity index (χ2v) is 9.98. The Morgan fingerprint density at radius 2 is 1.69 bits per heavy atom. The number of carbonyl (C=O) groups excluding carboxylic acids is 2. The van der Waals surface area contributed by atoms with Gasteiger partial charge in [0.2, 0.25) is 0 Å². The maximum atomic E-state index is 13.0. The van der Waals surface area contributed by atoms with Crippen molar-refractivity contribution >= 4 is 17.5 Å². The molecule has 1 aliphatic heterocycles. The molecule has 42 heavy (non-hydrogen) atoms. The largest absolute Gasteiger partial charge is 0.457 e. The van der Waals surface area contributed by atoms with Gasteiger partial charge in [-0.25, -0.2) is 0 Å².